The van der Waals surface area contributed by atoms with Crippen LogP contribution in [0.2, 0.25) is 20.1 Å². The summed E-state index contributed by atoms with van der Waals surface area (Å²) in [5.41, 5.74) is 4.74. The second kappa shape index (κ2) is 6.71. The van der Waals surface area contributed by atoms with E-state index in [4.69, 9.17) is 46.4 Å². The van der Waals surface area contributed by atoms with Crippen molar-refractivity contribution in [1.82, 2.24) is 5.43 Å². The van der Waals surface area contributed by atoms with Crippen LogP contribution in [0.1, 0.15) is 10.4 Å². The topological polar surface area (TPSA) is 41.1 Å². The van der Waals surface area contributed by atoms with Crippen molar-refractivity contribution in [3.63, 3.8) is 0 Å². The molecule has 1 amide bonds. The third-order valence-electron chi connectivity index (χ3n) is 2.50. The van der Waals surface area contributed by atoms with E-state index in [1.54, 1.807) is 0 Å². The van der Waals surface area contributed by atoms with Gasteiger partial charge in [-0.15, -0.1) is 0 Å². The Morgan fingerprint density at radius 2 is 1.62 bits per heavy atom. The average molecular weight is 368 g/mol. The molecule has 0 heterocycles. The van der Waals surface area contributed by atoms with E-state index in [1.807, 2.05) is 0 Å². The number of carbonyl (C=O) groups is 1. The molecule has 0 aliphatic rings. The lowest BCUT2D eigenvalue weighted by Crippen LogP contribution is -2.30. The lowest BCUT2D eigenvalue weighted by molar-refractivity contribution is 0.0959. The molecule has 21 heavy (non-hydrogen) atoms. The molecule has 0 saturated carbocycles. The zero-order chi connectivity index (χ0) is 15.6. The second-order valence-corrected chi connectivity index (χ2v) is 5.58. The highest BCUT2D eigenvalue weighted by molar-refractivity contribution is 6.41. The van der Waals surface area contributed by atoms with Gasteiger partial charge in [-0.25, -0.2) is 4.39 Å². The quantitative estimate of drug-likeness (QED) is 0.732. The molecule has 0 saturated heterocycles. The summed E-state index contributed by atoms with van der Waals surface area (Å²) in [6, 6.07) is 6.82. The first-order valence-electron chi connectivity index (χ1n) is 5.55. The number of benzene rings is 2. The highest BCUT2D eigenvalue weighted by Gasteiger charge is 2.16. The number of rotatable bonds is 3. The first kappa shape index (κ1) is 16.2. The fraction of sp³-hybridized carbons (Fsp3) is 0. The highest BCUT2D eigenvalue weighted by Crippen LogP contribution is 2.33. The molecule has 0 unspecified atom stereocenters. The molecule has 0 bridgehead atoms. The Balaban J connectivity index is 2.19. The molecular formula is C13H7Cl4FN2O. The Labute approximate surface area is 139 Å². The summed E-state index contributed by atoms with van der Waals surface area (Å²) in [5, 5.41) is 0.737. The van der Waals surface area contributed by atoms with Crippen LogP contribution in [0.5, 0.6) is 0 Å². The van der Waals surface area contributed by atoms with Crippen molar-refractivity contribution in [1.29, 1.82) is 0 Å². The van der Waals surface area contributed by atoms with Crippen LogP contribution >= 0.6 is 46.4 Å². The molecule has 0 fully saturated rings. The van der Waals surface area contributed by atoms with Crippen molar-refractivity contribution >= 4 is 58.0 Å². The number of nitrogens with one attached hydrogen (secondary N) is 2. The van der Waals surface area contributed by atoms with E-state index in [0.717, 1.165) is 6.07 Å². The largest absolute Gasteiger partial charge is 0.295 e. The number of hydrogen-bond donors (Lipinski definition) is 2. The number of amides is 1. The number of hydrazine groups is 1. The maximum absolute atomic E-state index is 13.6. The maximum Gasteiger partial charge on any atom is 0.274 e. The smallest absolute Gasteiger partial charge is 0.274 e. The van der Waals surface area contributed by atoms with Gasteiger partial charge in [-0.05, 0) is 24.3 Å². The van der Waals surface area contributed by atoms with Crippen LogP contribution in [0.15, 0.2) is 30.3 Å². The van der Waals surface area contributed by atoms with Crippen molar-refractivity contribution in [2.24, 2.45) is 0 Å². The van der Waals surface area contributed by atoms with Gasteiger partial charge in [0.1, 0.15) is 5.82 Å². The monoisotopic (exact) mass is 366 g/mol. The minimum absolute atomic E-state index is 0.0115. The summed E-state index contributed by atoms with van der Waals surface area (Å²) in [6.45, 7) is 0. The normalized spacial score (nSPS) is 10.3. The standard InChI is InChI=1S/C13H7Cl4FN2O/c14-6-4-8(16)12(9(17)5-6)19-20-13(21)11-7(15)2-1-3-10(11)18/h1-5,19H,(H,20,21). The van der Waals surface area contributed by atoms with Gasteiger partial charge in [0.05, 0.1) is 26.3 Å². The number of anilines is 1. The molecule has 2 aromatic rings. The van der Waals surface area contributed by atoms with Crippen LogP contribution in [0, 0.1) is 5.82 Å². The Kier molecular flexibility index (Phi) is 5.17. The molecule has 8 heteroatoms. The molecule has 0 aliphatic heterocycles. The zero-order valence-electron chi connectivity index (χ0n) is 10.2. The lowest BCUT2D eigenvalue weighted by Gasteiger charge is -2.13. The van der Waals surface area contributed by atoms with E-state index in [2.05, 4.69) is 10.9 Å². The summed E-state index contributed by atoms with van der Waals surface area (Å²) >= 11 is 23.5. The molecule has 0 atom stereocenters. The average Bonchev–Trinajstić information content (AvgIpc) is 2.37. The molecule has 0 radical (unpaired) electrons. The van der Waals surface area contributed by atoms with Crippen molar-refractivity contribution < 1.29 is 9.18 Å². The second-order valence-electron chi connectivity index (χ2n) is 3.92. The lowest BCUT2D eigenvalue weighted by atomic mass is 10.2. The molecule has 2 N–H and O–H groups in total. The summed E-state index contributed by atoms with van der Waals surface area (Å²) < 4.78 is 13.6. The Morgan fingerprint density at radius 1 is 1.00 bits per heavy atom. The van der Waals surface area contributed by atoms with Gasteiger partial charge in [0, 0.05) is 5.02 Å². The molecule has 2 aromatic carbocycles. The van der Waals surface area contributed by atoms with Gasteiger partial charge in [0.25, 0.3) is 5.91 Å². The van der Waals surface area contributed by atoms with E-state index in [9.17, 15) is 9.18 Å². The van der Waals surface area contributed by atoms with Gasteiger partial charge in [-0.3, -0.25) is 15.6 Å². The van der Waals surface area contributed by atoms with Gasteiger partial charge in [0.15, 0.2) is 0 Å². The molecule has 110 valence electrons. The van der Waals surface area contributed by atoms with Crippen LogP contribution in [-0.2, 0) is 0 Å². The summed E-state index contributed by atoms with van der Waals surface area (Å²) in [5.74, 6) is -1.50. The first-order chi connectivity index (χ1) is 9.90. The van der Waals surface area contributed by atoms with Gasteiger partial charge in [-0.2, -0.15) is 0 Å². The van der Waals surface area contributed by atoms with E-state index < -0.39 is 11.7 Å². The maximum atomic E-state index is 13.6. The van der Waals surface area contributed by atoms with Gasteiger partial charge >= 0.3 is 0 Å². The Hall–Kier alpha value is -1.20. The SMILES string of the molecule is O=C(NNc1c(Cl)cc(Cl)cc1Cl)c1c(F)cccc1Cl. The molecule has 0 spiro atoms. The Morgan fingerprint density at radius 3 is 2.19 bits per heavy atom. The van der Waals surface area contributed by atoms with Gasteiger partial charge < -0.3 is 0 Å². The van der Waals surface area contributed by atoms with Gasteiger partial charge in [0.2, 0.25) is 0 Å². The number of carbonyl (C=O) groups excluding carboxylic acids is 1. The molecule has 3 nitrogen and oxygen atoms in total. The predicted octanol–water partition coefficient (Wildman–Crippen LogP) is 5.20. The fourth-order valence-electron chi connectivity index (χ4n) is 1.56. The number of hydrogen-bond acceptors (Lipinski definition) is 2. The number of halogens is 5. The summed E-state index contributed by atoms with van der Waals surface area (Å²) in [7, 11) is 0. The van der Waals surface area contributed by atoms with Crippen molar-refractivity contribution in [3.05, 3.63) is 61.8 Å². The molecule has 0 aromatic heterocycles. The third kappa shape index (κ3) is 3.71. The molecule has 2 rings (SSSR count). The Bertz CT molecular complexity index is 665. The van der Waals surface area contributed by atoms with E-state index in [-0.39, 0.29) is 26.3 Å². The minimum atomic E-state index is -0.764. The van der Waals surface area contributed by atoms with Crippen LogP contribution in [-0.4, -0.2) is 5.91 Å². The molecular weight excluding hydrogens is 361 g/mol. The van der Waals surface area contributed by atoms with E-state index in [0.29, 0.717) is 5.02 Å². The first-order valence-corrected chi connectivity index (χ1v) is 7.06. The summed E-state index contributed by atoms with van der Waals surface area (Å²) in [6.07, 6.45) is 0. The van der Waals surface area contributed by atoms with Crippen molar-refractivity contribution in [2.75, 3.05) is 5.43 Å². The van der Waals surface area contributed by atoms with Crippen molar-refractivity contribution in [2.45, 2.75) is 0 Å². The van der Waals surface area contributed by atoms with Crippen LogP contribution in [0.25, 0.3) is 0 Å². The summed E-state index contributed by atoms with van der Waals surface area (Å²) in [4.78, 5) is 11.9. The highest BCUT2D eigenvalue weighted by atomic mass is 35.5. The van der Waals surface area contributed by atoms with Crippen molar-refractivity contribution in [3.8, 4) is 0 Å². The van der Waals surface area contributed by atoms with Crippen LogP contribution in [0.4, 0.5) is 10.1 Å². The zero-order valence-corrected chi connectivity index (χ0v) is 13.2. The van der Waals surface area contributed by atoms with E-state index in [1.165, 1.54) is 24.3 Å². The minimum Gasteiger partial charge on any atom is -0.295 e. The van der Waals surface area contributed by atoms with Gasteiger partial charge in [-0.1, -0.05) is 52.5 Å². The third-order valence-corrected chi connectivity index (χ3v) is 3.63. The predicted molar refractivity (Wildman–Crippen MR) is 84.0 cm³/mol. The fourth-order valence-corrected chi connectivity index (χ4v) is 2.72. The molecule has 0 aliphatic carbocycles. The van der Waals surface area contributed by atoms with Crippen LogP contribution < -0.4 is 10.9 Å². The van der Waals surface area contributed by atoms with Crippen LogP contribution in [0.3, 0.4) is 0 Å². The van der Waals surface area contributed by atoms with E-state index >= 15 is 0 Å².